The highest BCUT2D eigenvalue weighted by Gasteiger charge is 2.26. The summed E-state index contributed by atoms with van der Waals surface area (Å²) in [6.07, 6.45) is 15.3. The van der Waals surface area contributed by atoms with Gasteiger partial charge in [0.2, 0.25) is 0 Å². The van der Waals surface area contributed by atoms with Gasteiger partial charge in [-0.05, 0) is 66.8 Å². The summed E-state index contributed by atoms with van der Waals surface area (Å²) >= 11 is 0. The van der Waals surface area contributed by atoms with Gasteiger partial charge < -0.3 is 9.67 Å². The summed E-state index contributed by atoms with van der Waals surface area (Å²) in [6.45, 7) is 1.04. The average Bonchev–Trinajstić information content (AvgIpc) is 3.51. The minimum atomic E-state index is -0.900. The van der Waals surface area contributed by atoms with Gasteiger partial charge in [0.15, 0.2) is 0 Å². The van der Waals surface area contributed by atoms with Crippen molar-refractivity contribution < 1.29 is 9.90 Å². The molecule has 2 aliphatic carbocycles. The quantitative estimate of drug-likeness (QED) is 0.631. The van der Waals surface area contributed by atoms with Crippen molar-refractivity contribution in [1.29, 1.82) is 0 Å². The Morgan fingerprint density at radius 3 is 2.66 bits per heavy atom. The number of rotatable bonds is 6. The fraction of sp³-hybridized carbons (Fsp3) is 0.458. The molecule has 2 aliphatic rings. The Kier molecular flexibility index (Phi) is 4.82. The van der Waals surface area contributed by atoms with Gasteiger partial charge in [-0.25, -0.2) is 9.78 Å². The Bertz CT molecular complexity index is 1050. The Morgan fingerprint density at radius 1 is 1.07 bits per heavy atom. The van der Waals surface area contributed by atoms with Gasteiger partial charge in [-0.1, -0.05) is 19.3 Å². The number of fused-ring (bicyclic) bond motifs is 1. The Hall–Kier alpha value is -2.69. The topological polar surface area (TPSA) is 68.0 Å². The highest BCUT2D eigenvalue weighted by molar-refractivity contribution is 5.89. The van der Waals surface area contributed by atoms with Crippen LogP contribution < -0.4 is 0 Å². The van der Waals surface area contributed by atoms with E-state index in [0.717, 1.165) is 47.5 Å². The van der Waals surface area contributed by atoms with Crippen LogP contribution in [0.15, 0.2) is 36.8 Å². The van der Waals surface area contributed by atoms with Crippen LogP contribution in [0.4, 0.5) is 0 Å². The van der Waals surface area contributed by atoms with E-state index in [2.05, 4.69) is 27.9 Å². The Labute approximate surface area is 170 Å². The van der Waals surface area contributed by atoms with Crippen LogP contribution >= 0.6 is 0 Å². The maximum atomic E-state index is 11.8. The second-order valence-corrected chi connectivity index (χ2v) is 8.75. The summed E-state index contributed by atoms with van der Waals surface area (Å²) in [5.74, 6) is 0.354. The number of hydrogen-bond donors (Lipinski definition) is 1. The lowest BCUT2D eigenvalue weighted by molar-refractivity contribution is 0.0695. The number of carboxylic acids is 1. The van der Waals surface area contributed by atoms with Gasteiger partial charge >= 0.3 is 5.97 Å². The minimum absolute atomic E-state index is 0.323. The summed E-state index contributed by atoms with van der Waals surface area (Å²) in [5, 5.41) is 10.8. The van der Waals surface area contributed by atoms with E-state index < -0.39 is 5.97 Å². The first-order valence-electron chi connectivity index (χ1n) is 10.8. The summed E-state index contributed by atoms with van der Waals surface area (Å²) in [5.41, 5.74) is 4.02. The zero-order valence-electron chi connectivity index (χ0n) is 16.7. The van der Waals surface area contributed by atoms with Crippen molar-refractivity contribution >= 4 is 17.0 Å². The number of aromatic nitrogens is 3. The summed E-state index contributed by atoms with van der Waals surface area (Å²) in [6, 6.07) is 6.06. The summed E-state index contributed by atoms with van der Waals surface area (Å²) < 4.78 is 2.28. The fourth-order valence-electron chi connectivity index (χ4n) is 4.68. The third-order valence-electron chi connectivity index (χ3n) is 6.48. The van der Waals surface area contributed by atoms with Gasteiger partial charge in [0.05, 0.1) is 11.3 Å². The summed E-state index contributed by atoms with van der Waals surface area (Å²) in [4.78, 5) is 21.0. The van der Waals surface area contributed by atoms with Crippen LogP contribution in [0, 0.1) is 5.92 Å². The molecule has 5 rings (SSSR count). The first kappa shape index (κ1) is 18.3. The van der Waals surface area contributed by atoms with Crippen molar-refractivity contribution in [3.8, 4) is 0 Å². The van der Waals surface area contributed by atoms with E-state index in [4.69, 9.17) is 4.98 Å². The Balaban J connectivity index is 1.38. The van der Waals surface area contributed by atoms with Gasteiger partial charge in [0, 0.05) is 36.9 Å². The second kappa shape index (κ2) is 7.62. The molecule has 5 nitrogen and oxygen atoms in total. The van der Waals surface area contributed by atoms with Crippen LogP contribution in [0.2, 0.25) is 0 Å². The number of pyridine rings is 2. The van der Waals surface area contributed by atoms with Crippen LogP contribution in [0.5, 0.6) is 0 Å². The molecule has 3 aromatic heterocycles. The monoisotopic (exact) mass is 389 g/mol. The van der Waals surface area contributed by atoms with Crippen LogP contribution in [-0.4, -0.2) is 25.6 Å². The lowest BCUT2D eigenvalue weighted by Crippen LogP contribution is -2.13. The van der Waals surface area contributed by atoms with E-state index in [1.54, 1.807) is 0 Å². The second-order valence-electron chi connectivity index (χ2n) is 8.75. The molecule has 3 aromatic rings. The van der Waals surface area contributed by atoms with Crippen LogP contribution in [0.25, 0.3) is 11.0 Å². The van der Waals surface area contributed by atoms with Crippen molar-refractivity contribution in [2.24, 2.45) is 5.92 Å². The van der Waals surface area contributed by atoms with Gasteiger partial charge in [-0.3, -0.25) is 4.98 Å². The van der Waals surface area contributed by atoms with Crippen molar-refractivity contribution in [3.63, 3.8) is 0 Å². The third kappa shape index (κ3) is 3.91. The van der Waals surface area contributed by atoms with Gasteiger partial charge in [-0.15, -0.1) is 0 Å². The van der Waals surface area contributed by atoms with E-state index in [1.165, 1.54) is 32.1 Å². The largest absolute Gasteiger partial charge is 0.478 e. The van der Waals surface area contributed by atoms with E-state index in [9.17, 15) is 9.90 Å². The number of carboxylic acid groups (broad SMARTS) is 1. The molecule has 1 N–H and O–H groups in total. The number of aromatic carboxylic acids is 1. The van der Waals surface area contributed by atoms with Gasteiger partial charge in [0.1, 0.15) is 5.65 Å². The first-order chi connectivity index (χ1) is 14.2. The molecule has 0 saturated heterocycles. The SMILES string of the molecule is O=C(O)c1cc(C2CC2)cnc1Cc1cnc2c(ccn2CC2CCCCC2)c1. The predicted octanol–water partition coefficient (Wildman–Crippen LogP) is 5.18. The smallest absolute Gasteiger partial charge is 0.337 e. The summed E-state index contributed by atoms with van der Waals surface area (Å²) in [7, 11) is 0. The highest BCUT2D eigenvalue weighted by Crippen LogP contribution is 2.40. The maximum absolute atomic E-state index is 11.8. The molecule has 29 heavy (non-hydrogen) atoms. The average molecular weight is 389 g/mol. The molecule has 0 unspecified atom stereocenters. The highest BCUT2D eigenvalue weighted by atomic mass is 16.4. The maximum Gasteiger partial charge on any atom is 0.337 e. The molecule has 0 atom stereocenters. The molecule has 5 heteroatoms. The first-order valence-corrected chi connectivity index (χ1v) is 10.8. The molecule has 0 spiro atoms. The molecular formula is C24H27N3O2. The van der Waals surface area contributed by atoms with E-state index >= 15 is 0 Å². The number of hydrogen-bond acceptors (Lipinski definition) is 3. The zero-order valence-corrected chi connectivity index (χ0v) is 16.7. The van der Waals surface area contributed by atoms with Gasteiger partial charge in [-0.2, -0.15) is 0 Å². The van der Waals surface area contributed by atoms with Crippen LogP contribution in [0.1, 0.15) is 78.0 Å². The molecule has 2 saturated carbocycles. The molecule has 0 bridgehead atoms. The van der Waals surface area contributed by atoms with Crippen molar-refractivity contribution in [1.82, 2.24) is 14.5 Å². The lowest BCUT2D eigenvalue weighted by Gasteiger charge is -2.22. The molecule has 3 heterocycles. The van der Waals surface area contributed by atoms with Crippen molar-refractivity contribution in [3.05, 3.63) is 59.2 Å². The zero-order chi connectivity index (χ0) is 19.8. The molecule has 0 amide bonds. The van der Waals surface area contributed by atoms with Crippen molar-refractivity contribution in [2.75, 3.05) is 0 Å². The molecular weight excluding hydrogens is 362 g/mol. The standard InChI is InChI=1S/C24H27N3O2/c28-24(29)21-12-20(18-6-7-18)14-25-22(21)11-17-10-19-8-9-27(23(19)26-13-17)15-16-4-2-1-3-5-16/h8-10,12-14,16,18H,1-7,11,15H2,(H,28,29). The lowest BCUT2D eigenvalue weighted by atomic mass is 9.89. The van der Waals surface area contributed by atoms with Crippen LogP contribution in [-0.2, 0) is 13.0 Å². The molecule has 150 valence electrons. The molecule has 0 aliphatic heterocycles. The van der Waals surface area contributed by atoms with Crippen molar-refractivity contribution in [2.45, 2.75) is 63.8 Å². The number of carbonyl (C=O) groups is 1. The minimum Gasteiger partial charge on any atom is -0.478 e. The molecule has 0 radical (unpaired) electrons. The normalized spacial score (nSPS) is 17.7. The molecule has 2 fully saturated rings. The Morgan fingerprint density at radius 2 is 1.90 bits per heavy atom. The van der Waals surface area contributed by atoms with Gasteiger partial charge in [0.25, 0.3) is 0 Å². The van der Waals surface area contributed by atoms with E-state index in [0.29, 0.717) is 23.6 Å². The third-order valence-corrected chi connectivity index (χ3v) is 6.48. The van der Waals surface area contributed by atoms with E-state index in [1.807, 2.05) is 18.5 Å². The predicted molar refractivity (Wildman–Crippen MR) is 112 cm³/mol. The van der Waals surface area contributed by atoms with E-state index in [-0.39, 0.29) is 0 Å². The van der Waals surface area contributed by atoms with Crippen LogP contribution in [0.3, 0.4) is 0 Å². The number of nitrogens with zero attached hydrogens (tertiary/aromatic N) is 3. The molecule has 0 aromatic carbocycles. The fourth-order valence-corrected chi connectivity index (χ4v) is 4.68.